The Kier molecular flexibility index (Phi) is 3.54. The lowest BCUT2D eigenvalue weighted by Crippen LogP contribution is -2.21. The van der Waals surface area contributed by atoms with E-state index >= 15 is 0 Å². The molecule has 5 heteroatoms. The van der Waals surface area contributed by atoms with Gasteiger partial charge in [0.05, 0.1) is 10.6 Å². The fraction of sp³-hybridized carbons (Fsp3) is 0.333. The van der Waals surface area contributed by atoms with Crippen molar-refractivity contribution in [1.29, 1.82) is 0 Å². The number of nitrogens with one attached hydrogen (secondary N) is 1. The van der Waals surface area contributed by atoms with Crippen molar-refractivity contribution in [1.82, 2.24) is 14.9 Å². The Morgan fingerprint density at radius 2 is 2.15 bits per heavy atom. The highest BCUT2D eigenvalue weighted by Crippen LogP contribution is 2.31. The maximum absolute atomic E-state index is 6.01. The molecule has 0 bridgehead atoms. The smallest absolute Gasteiger partial charge is 0.134 e. The van der Waals surface area contributed by atoms with Gasteiger partial charge in [-0.2, -0.15) is 0 Å². The molecule has 0 fully saturated rings. The average Bonchev–Trinajstić information content (AvgIpc) is 3.01. The molecule has 0 aliphatic rings. The van der Waals surface area contributed by atoms with Crippen molar-refractivity contribution in [3.8, 4) is 0 Å². The molecule has 1 unspecified atom stereocenters. The molecule has 2 aromatic heterocycles. The summed E-state index contributed by atoms with van der Waals surface area (Å²) >= 11 is 1.42. The van der Waals surface area contributed by atoms with Gasteiger partial charge in [-0.15, -0.1) is 5.10 Å². The molecule has 0 saturated heterocycles. The molecule has 3 aromatic rings. The second-order valence-corrected chi connectivity index (χ2v) is 5.69. The number of aromatic nitrogens is 2. The van der Waals surface area contributed by atoms with Crippen LogP contribution in [0.5, 0.6) is 0 Å². The Bertz CT molecular complexity index is 732. The van der Waals surface area contributed by atoms with Crippen LogP contribution in [0.25, 0.3) is 11.0 Å². The van der Waals surface area contributed by atoms with Crippen LogP contribution in [-0.4, -0.2) is 16.1 Å². The molecular formula is C15H17N3OS. The summed E-state index contributed by atoms with van der Waals surface area (Å²) < 4.78 is 10.0. The highest BCUT2D eigenvalue weighted by atomic mass is 32.1. The van der Waals surface area contributed by atoms with Crippen molar-refractivity contribution in [3.63, 3.8) is 0 Å². The van der Waals surface area contributed by atoms with Gasteiger partial charge in [0.15, 0.2) is 0 Å². The van der Waals surface area contributed by atoms with E-state index in [9.17, 15) is 0 Å². The summed E-state index contributed by atoms with van der Waals surface area (Å²) in [5, 5.41) is 8.69. The number of hydrogen-bond donors (Lipinski definition) is 1. The quantitative estimate of drug-likeness (QED) is 0.796. The molecular weight excluding hydrogens is 270 g/mol. The zero-order chi connectivity index (χ0) is 14.1. The first kappa shape index (κ1) is 13.3. The summed E-state index contributed by atoms with van der Waals surface area (Å²) in [5.74, 6) is 0.918. The second-order valence-electron chi connectivity index (χ2n) is 4.90. The van der Waals surface area contributed by atoms with E-state index in [1.54, 1.807) is 0 Å². The van der Waals surface area contributed by atoms with Crippen molar-refractivity contribution in [3.05, 3.63) is 46.2 Å². The zero-order valence-electron chi connectivity index (χ0n) is 11.8. The van der Waals surface area contributed by atoms with Crippen molar-refractivity contribution in [2.45, 2.75) is 26.8 Å². The first-order chi connectivity index (χ1) is 9.69. The molecule has 0 spiro atoms. The van der Waals surface area contributed by atoms with Crippen molar-refractivity contribution in [2.75, 3.05) is 6.54 Å². The lowest BCUT2D eigenvalue weighted by atomic mass is 10.1. The topological polar surface area (TPSA) is 51.0 Å². The molecule has 1 N–H and O–H groups in total. The van der Waals surface area contributed by atoms with Gasteiger partial charge in [0, 0.05) is 5.39 Å². The molecule has 104 valence electrons. The second kappa shape index (κ2) is 5.34. The van der Waals surface area contributed by atoms with Gasteiger partial charge in [-0.05, 0) is 50.1 Å². The summed E-state index contributed by atoms with van der Waals surface area (Å²) in [6, 6.07) is 8.36. The maximum Gasteiger partial charge on any atom is 0.134 e. The van der Waals surface area contributed by atoms with Gasteiger partial charge in [0.2, 0.25) is 0 Å². The summed E-state index contributed by atoms with van der Waals surface area (Å²) in [6.07, 6.45) is 0. The molecule has 3 rings (SSSR count). The summed E-state index contributed by atoms with van der Waals surface area (Å²) in [4.78, 5) is 1.11. The van der Waals surface area contributed by atoms with Crippen LogP contribution in [0.15, 0.2) is 28.7 Å². The number of hydrogen-bond acceptors (Lipinski definition) is 5. The Morgan fingerprint density at radius 3 is 2.85 bits per heavy atom. The van der Waals surface area contributed by atoms with Gasteiger partial charge in [-0.1, -0.05) is 23.0 Å². The number of nitrogens with zero attached hydrogens (tertiary/aromatic N) is 2. The van der Waals surface area contributed by atoms with Gasteiger partial charge in [0.25, 0.3) is 0 Å². The molecule has 0 radical (unpaired) electrons. The van der Waals surface area contributed by atoms with Crippen molar-refractivity contribution in [2.24, 2.45) is 0 Å². The van der Waals surface area contributed by atoms with Crippen LogP contribution < -0.4 is 5.32 Å². The predicted octanol–water partition coefficient (Wildman–Crippen LogP) is 3.60. The van der Waals surface area contributed by atoms with E-state index < -0.39 is 0 Å². The van der Waals surface area contributed by atoms with Crippen LogP contribution in [0.1, 0.15) is 34.9 Å². The lowest BCUT2D eigenvalue weighted by molar-refractivity contribution is 0.479. The van der Waals surface area contributed by atoms with Gasteiger partial charge in [-0.3, -0.25) is 0 Å². The average molecular weight is 287 g/mol. The Balaban J connectivity index is 2.07. The number of aryl methyl sites for hydroxylation is 2. The van der Waals surface area contributed by atoms with E-state index in [1.807, 2.05) is 13.0 Å². The third-order valence-corrected chi connectivity index (χ3v) is 4.22. The van der Waals surface area contributed by atoms with Crippen LogP contribution in [0.3, 0.4) is 0 Å². The summed E-state index contributed by atoms with van der Waals surface area (Å²) in [6.45, 7) is 7.02. The zero-order valence-corrected chi connectivity index (χ0v) is 12.6. The molecule has 20 heavy (non-hydrogen) atoms. The van der Waals surface area contributed by atoms with Crippen LogP contribution >= 0.6 is 11.5 Å². The maximum atomic E-state index is 6.01. The van der Waals surface area contributed by atoms with Gasteiger partial charge >= 0.3 is 0 Å². The number of rotatable bonds is 4. The highest BCUT2D eigenvalue weighted by molar-refractivity contribution is 7.05. The van der Waals surface area contributed by atoms with Crippen molar-refractivity contribution >= 4 is 22.5 Å². The lowest BCUT2D eigenvalue weighted by Gasteiger charge is -2.13. The molecule has 0 aliphatic carbocycles. The molecule has 0 saturated carbocycles. The van der Waals surface area contributed by atoms with Crippen molar-refractivity contribution < 1.29 is 4.42 Å². The summed E-state index contributed by atoms with van der Waals surface area (Å²) in [5.41, 5.74) is 3.11. The van der Waals surface area contributed by atoms with E-state index in [4.69, 9.17) is 4.42 Å². The largest absolute Gasteiger partial charge is 0.459 e. The minimum atomic E-state index is 0.0210. The third-order valence-electron chi connectivity index (χ3n) is 3.33. The normalized spacial score (nSPS) is 12.9. The molecule has 0 aliphatic heterocycles. The van der Waals surface area contributed by atoms with E-state index in [0.717, 1.165) is 33.8 Å². The fourth-order valence-electron chi connectivity index (χ4n) is 2.35. The first-order valence-electron chi connectivity index (χ1n) is 6.71. The standard InChI is InChI=1S/C15H17N3OS/c1-4-16-14(15-10(3)17-18-20-15)13-8-11-7-9(2)5-6-12(11)19-13/h5-8,14,16H,4H2,1-3H3. The van der Waals surface area contributed by atoms with Crippen LogP contribution in [0.2, 0.25) is 0 Å². The monoisotopic (exact) mass is 287 g/mol. The van der Waals surface area contributed by atoms with Gasteiger partial charge in [0.1, 0.15) is 17.4 Å². The van der Waals surface area contributed by atoms with E-state index in [0.29, 0.717) is 0 Å². The predicted molar refractivity (Wildman–Crippen MR) is 81.1 cm³/mol. The molecule has 4 nitrogen and oxygen atoms in total. The SMILES string of the molecule is CCNC(c1cc2cc(C)ccc2o1)c1snnc1C. The van der Waals surface area contributed by atoms with E-state index in [-0.39, 0.29) is 6.04 Å². The Hall–Kier alpha value is -1.72. The van der Waals surface area contributed by atoms with Gasteiger partial charge in [-0.25, -0.2) is 0 Å². The minimum Gasteiger partial charge on any atom is -0.459 e. The number of furan rings is 1. The minimum absolute atomic E-state index is 0.0210. The van der Waals surface area contributed by atoms with E-state index in [1.165, 1.54) is 17.1 Å². The van der Waals surface area contributed by atoms with Gasteiger partial charge < -0.3 is 9.73 Å². The molecule has 0 amide bonds. The van der Waals surface area contributed by atoms with Crippen LogP contribution in [0.4, 0.5) is 0 Å². The molecule has 2 heterocycles. The summed E-state index contributed by atoms with van der Waals surface area (Å²) in [7, 11) is 0. The Labute approximate surface area is 122 Å². The third kappa shape index (κ3) is 2.34. The molecule has 1 aromatic carbocycles. The number of fused-ring (bicyclic) bond motifs is 1. The van der Waals surface area contributed by atoms with Crippen LogP contribution in [0, 0.1) is 13.8 Å². The van der Waals surface area contributed by atoms with Crippen LogP contribution in [-0.2, 0) is 0 Å². The first-order valence-corrected chi connectivity index (χ1v) is 7.48. The highest BCUT2D eigenvalue weighted by Gasteiger charge is 2.22. The fourth-order valence-corrected chi connectivity index (χ4v) is 3.08. The Morgan fingerprint density at radius 1 is 1.30 bits per heavy atom. The number of benzene rings is 1. The van der Waals surface area contributed by atoms with E-state index in [2.05, 4.69) is 47.0 Å². The molecule has 1 atom stereocenters.